The number of hydrogen-bond donors (Lipinski definition) is 2. The van der Waals surface area contributed by atoms with Gasteiger partial charge in [0.1, 0.15) is 18.0 Å². The number of nitrogens with one attached hydrogen (secondary N) is 2. The molecule has 0 saturated heterocycles. The predicted octanol–water partition coefficient (Wildman–Crippen LogP) is 1.92. The summed E-state index contributed by atoms with van der Waals surface area (Å²) < 4.78 is 5.01. The van der Waals surface area contributed by atoms with Crippen LogP contribution in [0.2, 0.25) is 0 Å². The molecular weight excluding hydrogens is 216 g/mol. The van der Waals surface area contributed by atoms with Crippen LogP contribution in [0.5, 0.6) is 0 Å². The van der Waals surface area contributed by atoms with Gasteiger partial charge in [0.15, 0.2) is 0 Å². The van der Waals surface area contributed by atoms with E-state index >= 15 is 0 Å². The fourth-order valence-electron chi connectivity index (χ4n) is 1.64. The third-order valence-electron chi connectivity index (χ3n) is 2.46. The van der Waals surface area contributed by atoms with Gasteiger partial charge < -0.3 is 15.4 Å². The highest BCUT2D eigenvalue weighted by atomic mass is 16.5. The van der Waals surface area contributed by atoms with Gasteiger partial charge in [0.05, 0.1) is 0 Å². The normalized spacial score (nSPS) is 10.3. The minimum atomic E-state index is 0.764. The van der Waals surface area contributed by atoms with Crippen LogP contribution in [0.25, 0.3) is 0 Å². The summed E-state index contributed by atoms with van der Waals surface area (Å²) in [6.45, 7) is 6.67. The molecule has 5 heteroatoms. The van der Waals surface area contributed by atoms with E-state index in [1.54, 1.807) is 13.4 Å². The highest BCUT2D eigenvalue weighted by Crippen LogP contribution is 2.19. The Hall–Kier alpha value is -1.36. The van der Waals surface area contributed by atoms with E-state index in [-0.39, 0.29) is 0 Å². The Labute approximate surface area is 103 Å². The molecule has 2 N–H and O–H groups in total. The Morgan fingerprint density at radius 2 is 1.88 bits per heavy atom. The van der Waals surface area contributed by atoms with Crippen molar-refractivity contribution < 1.29 is 4.74 Å². The zero-order valence-corrected chi connectivity index (χ0v) is 10.9. The lowest BCUT2D eigenvalue weighted by Crippen LogP contribution is -2.11. The standard InChI is InChI=1S/C12H22N4O/c1-4-10-11(13-5-2)15-9-16-12(10)14-7-6-8-17-3/h9H,4-8H2,1-3H3,(H2,13,14,15,16). The van der Waals surface area contributed by atoms with Crippen molar-refractivity contribution in [3.63, 3.8) is 0 Å². The Bertz CT molecular complexity index is 330. The largest absolute Gasteiger partial charge is 0.385 e. The summed E-state index contributed by atoms with van der Waals surface area (Å²) in [5.74, 6) is 1.86. The number of ether oxygens (including phenoxy) is 1. The van der Waals surface area contributed by atoms with Crippen LogP contribution in [-0.2, 0) is 11.2 Å². The smallest absolute Gasteiger partial charge is 0.134 e. The quantitative estimate of drug-likeness (QED) is 0.678. The summed E-state index contributed by atoms with van der Waals surface area (Å²) in [5, 5.41) is 6.58. The van der Waals surface area contributed by atoms with Gasteiger partial charge in [-0.25, -0.2) is 9.97 Å². The third-order valence-corrected chi connectivity index (χ3v) is 2.46. The maximum atomic E-state index is 5.01. The summed E-state index contributed by atoms with van der Waals surface area (Å²) in [6.07, 6.45) is 3.48. The van der Waals surface area contributed by atoms with Crippen molar-refractivity contribution in [2.45, 2.75) is 26.7 Å². The lowest BCUT2D eigenvalue weighted by molar-refractivity contribution is 0.197. The molecule has 0 aliphatic rings. The first-order chi connectivity index (χ1) is 8.33. The monoisotopic (exact) mass is 238 g/mol. The van der Waals surface area contributed by atoms with Crippen molar-refractivity contribution in [3.05, 3.63) is 11.9 Å². The molecule has 0 bridgehead atoms. The van der Waals surface area contributed by atoms with Crippen LogP contribution < -0.4 is 10.6 Å². The molecule has 17 heavy (non-hydrogen) atoms. The molecule has 0 aliphatic carbocycles. The van der Waals surface area contributed by atoms with Crippen LogP contribution in [0.15, 0.2) is 6.33 Å². The first-order valence-electron chi connectivity index (χ1n) is 6.14. The maximum Gasteiger partial charge on any atom is 0.134 e. The average Bonchev–Trinajstić information content (AvgIpc) is 2.35. The number of hydrogen-bond acceptors (Lipinski definition) is 5. The molecule has 0 atom stereocenters. The second-order valence-corrected chi connectivity index (χ2v) is 3.71. The van der Waals surface area contributed by atoms with E-state index < -0.39 is 0 Å². The van der Waals surface area contributed by atoms with Gasteiger partial charge in [0.25, 0.3) is 0 Å². The van der Waals surface area contributed by atoms with Crippen molar-refractivity contribution >= 4 is 11.6 Å². The van der Waals surface area contributed by atoms with Gasteiger partial charge in [-0.2, -0.15) is 0 Å². The lowest BCUT2D eigenvalue weighted by atomic mass is 10.2. The molecule has 1 heterocycles. The zero-order chi connectivity index (χ0) is 12.5. The summed E-state index contributed by atoms with van der Waals surface area (Å²) in [5.41, 5.74) is 1.15. The Morgan fingerprint density at radius 1 is 1.18 bits per heavy atom. The molecule has 0 unspecified atom stereocenters. The van der Waals surface area contributed by atoms with E-state index in [4.69, 9.17) is 4.74 Å². The fourth-order valence-corrected chi connectivity index (χ4v) is 1.64. The van der Waals surface area contributed by atoms with Crippen LogP contribution in [0.3, 0.4) is 0 Å². The van der Waals surface area contributed by atoms with Crippen molar-refractivity contribution in [1.82, 2.24) is 9.97 Å². The van der Waals surface area contributed by atoms with Crippen molar-refractivity contribution in [3.8, 4) is 0 Å². The number of methoxy groups -OCH3 is 1. The van der Waals surface area contributed by atoms with E-state index in [2.05, 4.69) is 34.4 Å². The maximum absolute atomic E-state index is 5.01. The number of rotatable bonds is 8. The van der Waals surface area contributed by atoms with Crippen LogP contribution in [0, 0.1) is 0 Å². The highest BCUT2D eigenvalue weighted by molar-refractivity contribution is 5.57. The molecule has 0 fully saturated rings. The first-order valence-corrected chi connectivity index (χ1v) is 6.14. The molecule has 0 aliphatic heterocycles. The fraction of sp³-hybridized carbons (Fsp3) is 0.667. The van der Waals surface area contributed by atoms with Crippen molar-refractivity contribution in [2.75, 3.05) is 37.4 Å². The molecule has 0 saturated carbocycles. The van der Waals surface area contributed by atoms with Gasteiger partial charge in [0.2, 0.25) is 0 Å². The van der Waals surface area contributed by atoms with Gasteiger partial charge in [0, 0.05) is 32.4 Å². The molecule has 1 rings (SSSR count). The van der Waals surface area contributed by atoms with Gasteiger partial charge in [-0.15, -0.1) is 0 Å². The van der Waals surface area contributed by atoms with Gasteiger partial charge in [-0.3, -0.25) is 0 Å². The number of nitrogens with zero attached hydrogens (tertiary/aromatic N) is 2. The number of aromatic nitrogens is 2. The zero-order valence-electron chi connectivity index (χ0n) is 10.9. The first kappa shape index (κ1) is 13.7. The number of anilines is 2. The lowest BCUT2D eigenvalue weighted by Gasteiger charge is -2.13. The average molecular weight is 238 g/mol. The Balaban J connectivity index is 2.66. The van der Waals surface area contributed by atoms with E-state index in [1.165, 1.54) is 0 Å². The Kier molecular flexibility index (Phi) is 6.32. The Morgan fingerprint density at radius 3 is 2.47 bits per heavy atom. The van der Waals surface area contributed by atoms with Crippen LogP contribution >= 0.6 is 0 Å². The third kappa shape index (κ3) is 4.19. The molecule has 5 nitrogen and oxygen atoms in total. The van der Waals surface area contributed by atoms with E-state index in [0.29, 0.717) is 0 Å². The minimum absolute atomic E-state index is 0.764. The minimum Gasteiger partial charge on any atom is -0.385 e. The van der Waals surface area contributed by atoms with E-state index in [1.807, 2.05) is 0 Å². The van der Waals surface area contributed by atoms with Crippen molar-refractivity contribution in [2.24, 2.45) is 0 Å². The second kappa shape index (κ2) is 7.84. The summed E-state index contributed by atoms with van der Waals surface area (Å²) in [6, 6.07) is 0. The summed E-state index contributed by atoms with van der Waals surface area (Å²) >= 11 is 0. The van der Waals surface area contributed by atoms with Crippen LogP contribution in [-0.4, -0.2) is 36.8 Å². The van der Waals surface area contributed by atoms with E-state index in [9.17, 15) is 0 Å². The SMILES string of the molecule is CCNc1ncnc(NCCCOC)c1CC. The summed E-state index contributed by atoms with van der Waals surface area (Å²) in [4.78, 5) is 8.54. The molecule has 96 valence electrons. The van der Waals surface area contributed by atoms with Crippen LogP contribution in [0.1, 0.15) is 25.8 Å². The topological polar surface area (TPSA) is 59.1 Å². The van der Waals surface area contributed by atoms with Gasteiger partial charge in [-0.05, 0) is 19.8 Å². The van der Waals surface area contributed by atoms with Gasteiger partial charge in [-0.1, -0.05) is 6.92 Å². The van der Waals surface area contributed by atoms with E-state index in [0.717, 1.165) is 49.7 Å². The van der Waals surface area contributed by atoms with Crippen LogP contribution in [0.4, 0.5) is 11.6 Å². The summed E-state index contributed by atoms with van der Waals surface area (Å²) in [7, 11) is 1.71. The predicted molar refractivity (Wildman–Crippen MR) is 70.6 cm³/mol. The molecule has 0 amide bonds. The molecule has 0 spiro atoms. The highest BCUT2D eigenvalue weighted by Gasteiger charge is 2.08. The molecule has 1 aromatic heterocycles. The molecular formula is C12H22N4O. The van der Waals surface area contributed by atoms with Crippen molar-refractivity contribution in [1.29, 1.82) is 0 Å². The second-order valence-electron chi connectivity index (χ2n) is 3.71. The molecule has 1 aromatic rings. The molecule has 0 radical (unpaired) electrons. The van der Waals surface area contributed by atoms with Gasteiger partial charge >= 0.3 is 0 Å². The molecule has 0 aromatic carbocycles.